The third kappa shape index (κ3) is 1.70. The number of carbonyl (C=O) groups excluding carboxylic acids is 1. The van der Waals surface area contributed by atoms with Crippen molar-refractivity contribution in [1.82, 2.24) is 0 Å². The number of hydrogen-bond acceptors (Lipinski definition) is 3. The van der Waals surface area contributed by atoms with Crippen LogP contribution in [0.3, 0.4) is 0 Å². The minimum absolute atomic E-state index is 0.00313. The topological polar surface area (TPSA) is 35.5 Å². The Kier molecular flexibility index (Phi) is 2.27. The Labute approximate surface area is 60.3 Å². The fraction of sp³-hybridized carbons (Fsp3) is 0.714. The van der Waals surface area contributed by atoms with Crippen LogP contribution in [-0.2, 0) is 14.3 Å². The highest BCUT2D eigenvalue weighted by Gasteiger charge is 2.24. The van der Waals surface area contributed by atoms with E-state index in [4.69, 9.17) is 4.74 Å². The van der Waals surface area contributed by atoms with Crippen molar-refractivity contribution < 1.29 is 14.3 Å². The van der Waals surface area contributed by atoms with Crippen LogP contribution in [0.25, 0.3) is 0 Å². The van der Waals surface area contributed by atoms with Crippen molar-refractivity contribution in [2.75, 3.05) is 19.8 Å². The number of rotatable bonds is 4. The molecule has 0 unspecified atom stereocenters. The fourth-order valence-corrected chi connectivity index (χ4v) is 0.844. The van der Waals surface area contributed by atoms with Gasteiger partial charge in [0.15, 0.2) is 0 Å². The lowest BCUT2D eigenvalue weighted by Crippen LogP contribution is -2.40. The van der Waals surface area contributed by atoms with E-state index in [1.165, 1.54) is 6.47 Å². The largest absolute Gasteiger partial charge is 0.653 e. The van der Waals surface area contributed by atoms with Crippen molar-refractivity contribution in [3.8, 4) is 0 Å². The molecule has 1 aliphatic heterocycles. The third-order valence-corrected chi connectivity index (χ3v) is 1.61. The maximum absolute atomic E-state index is 9.60. The average molecular weight is 142 g/mol. The summed E-state index contributed by atoms with van der Waals surface area (Å²) in [7, 11) is 0. The van der Waals surface area contributed by atoms with Gasteiger partial charge < -0.3 is 21.2 Å². The van der Waals surface area contributed by atoms with E-state index in [9.17, 15) is 4.79 Å². The highest BCUT2D eigenvalue weighted by Crippen LogP contribution is 2.29. The molecule has 0 aromatic rings. The highest BCUT2D eigenvalue weighted by molar-refractivity contribution is 5.38. The van der Waals surface area contributed by atoms with Gasteiger partial charge in [0.25, 0.3) is 0 Å². The molecule has 0 bridgehead atoms. The van der Waals surface area contributed by atoms with Gasteiger partial charge in [0.05, 0.1) is 0 Å². The molecule has 3 nitrogen and oxygen atoms in total. The van der Waals surface area contributed by atoms with E-state index in [0.717, 1.165) is 6.42 Å². The zero-order valence-corrected chi connectivity index (χ0v) is 5.76. The fourth-order valence-electron chi connectivity index (χ4n) is 0.844. The summed E-state index contributed by atoms with van der Waals surface area (Å²) in [5.74, 6) is 0. The summed E-state index contributed by atoms with van der Waals surface area (Å²) in [6.07, 6.45) is 0.766. The van der Waals surface area contributed by atoms with Gasteiger partial charge in [-0.25, -0.2) is 0 Å². The van der Waals surface area contributed by atoms with Crippen molar-refractivity contribution in [2.45, 2.75) is 6.42 Å². The standard InChI is InChI=1S/C7H10O3/c1-7(4-10-5-7)2-3-9-6-8/h1-5H2/q-2. The van der Waals surface area contributed by atoms with Crippen LogP contribution in [0.2, 0.25) is 0 Å². The molecular formula is C7H10O3-2. The Morgan fingerprint density at radius 1 is 1.70 bits per heavy atom. The summed E-state index contributed by atoms with van der Waals surface area (Å²) < 4.78 is 9.36. The molecule has 58 valence electrons. The van der Waals surface area contributed by atoms with E-state index in [-0.39, 0.29) is 5.41 Å². The summed E-state index contributed by atoms with van der Waals surface area (Å²) in [5, 5.41) is 0. The molecule has 1 fully saturated rings. The van der Waals surface area contributed by atoms with Gasteiger partial charge in [0, 0.05) is 19.8 Å². The Hall–Kier alpha value is -0.570. The summed E-state index contributed by atoms with van der Waals surface area (Å²) in [6.45, 7) is 7.03. The zero-order valence-electron chi connectivity index (χ0n) is 5.76. The molecule has 0 radical (unpaired) electrons. The van der Waals surface area contributed by atoms with E-state index in [1.807, 2.05) is 0 Å². The van der Waals surface area contributed by atoms with Crippen LogP contribution in [0.5, 0.6) is 0 Å². The lowest BCUT2D eigenvalue weighted by molar-refractivity contribution is -0.0931. The lowest BCUT2D eigenvalue weighted by atomic mass is 9.85. The molecule has 0 N–H and O–H groups in total. The van der Waals surface area contributed by atoms with Crippen molar-refractivity contribution in [2.24, 2.45) is 5.41 Å². The molecule has 10 heavy (non-hydrogen) atoms. The number of ether oxygens (including phenoxy) is 2. The van der Waals surface area contributed by atoms with Crippen LogP contribution in [-0.4, -0.2) is 26.3 Å². The monoisotopic (exact) mass is 142 g/mol. The average Bonchev–Trinajstić information content (AvgIpc) is 1.85. The Morgan fingerprint density at radius 2 is 2.40 bits per heavy atom. The second kappa shape index (κ2) is 3.01. The van der Waals surface area contributed by atoms with E-state index >= 15 is 0 Å². The van der Waals surface area contributed by atoms with Gasteiger partial charge >= 0.3 is 0 Å². The molecular weight excluding hydrogens is 132 g/mol. The van der Waals surface area contributed by atoms with E-state index in [2.05, 4.69) is 11.7 Å². The first-order valence-electron chi connectivity index (χ1n) is 3.19. The molecule has 0 aromatic heterocycles. The van der Waals surface area contributed by atoms with E-state index in [0.29, 0.717) is 19.8 Å². The van der Waals surface area contributed by atoms with Crippen molar-refractivity contribution in [3.63, 3.8) is 0 Å². The first-order valence-corrected chi connectivity index (χ1v) is 3.19. The molecule has 0 aliphatic carbocycles. The van der Waals surface area contributed by atoms with E-state index < -0.39 is 0 Å². The molecule has 0 spiro atoms. The SMILES string of the molecule is [CH2-]C1(CCO[C-]=O)COC1. The molecule has 1 heterocycles. The molecule has 0 aromatic carbocycles. The molecule has 0 saturated carbocycles. The van der Waals surface area contributed by atoms with Crippen molar-refractivity contribution >= 4 is 6.47 Å². The van der Waals surface area contributed by atoms with Gasteiger partial charge in [0.1, 0.15) is 0 Å². The summed E-state index contributed by atoms with van der Waals surface area (Å²) in [6, 6.07) is 0. The third-order valence-electron chi connectivity index (χ3n) is 1.61. The van der Waals surface area contributed by atoms with Crippen molar-refractivity contribution in [1.29, 1.82) is 0 Å². The highest BCUT2D eigenvalue weighted by atomic mass is 16.5. The first kappa shape index (κ1) is 7.54. The molecule has 3 heteroatoms. The maximum Gasteiger partial charge on any atom is 0.0462 e. The Balaban J connectivity index is 2.06. The minimum atomic E-state index is -0.00313. The van der Waals surface area contributed by atoms with E-state index in [1.54, 1.807) is 0 Å². The number of hydrogen-bond donors (Lipinski definition) is 0. The quantitative estimate of drug-likeness (QED) is 0.418. The van der Waals surface area contributed by atoms with Crippen LogP contribution in [0.1, 0.15) is 6.42 Å². The molecule has 1 saturated heterocycles. The van der Waals surface area contributed by atoms with Crippen LogP contribution < -0.4 is 0 Å². The molecule has 0 atom stereocenters. The maximum atomic E-state index is 9.60. The second-order valence-electron chi connectivity index (χ2n) is 2.67. The molecule has 0 amide bonds. The molecule has 1 aliphatic rings. The second-order valence-corrected chi connectivity index (χ2v) is 2.67. The van der Waals surface area contributed by atoms with Crippen molar-refractivity contribution in [3.05, 3.63) is 6.92 Å². The van der Waals surface area contributed by atoms with Gasteiger partial charge in [0.2, 0.25) is 0 Å². The van der Waals surface area contributed by atoms with Crippen LogP contribution in [0.15, 0.2) is 0 Å². The smallest absolute Gasteiger partial charge is 0.0462 e. The Bertz CT molecular complexity index is 118. The van der Waals surface area contributed by atoms with Gasteiger partial charge in [-0.3, -0.25) is 0 Å². The predicted molar refractivity (Wildman–Crippen MR) is 34.9 cm³/mol. The minimum Gasteiger partial charge on any atom is -0.653 e. The van der Waals surface area contributed by atoms with Gasteiger partial charge in [-0.1, -0.05) is 6.47 Å². The van der Waals surface area contributed by atoms with Gasteiger partial charge in [-0.05, 0) is 6.42 Å². The lowest BCUT2D eigenvalue weighted by Gasteiger charge is -2.45. The summed E-state index contributed by atoms with van der Waals surface area (Å²) >= 11 is 0. The summed E-state index contributed by atoms with van der Waals surface area (Å²) in [4.78, 5) is 9.60. The Morgan fingerprint density at radius 3 is 2.80 bits per heavy atom. The van der Waals surface area contributed by atoms with Crippen LogP contribution >= 0.6 is 0 Å². The zero-order chi connectivity index (χ0) is 7.45. The normalized spacial score (nSPS) is 21.3. The first-order chi connectivity index (χ1) is 4.77. The van der Waals surface area contributed by atoms with Crippen LogP contribution in [0.4, 0.5) is 0 Å². The van der Waals surface area contributed by atoms with Crippen LogP contribution in [0, 0.1) is 12.3 Å². The van der Waals surface area contributed by atoms with Gasteiger partial charge in [-0.15, -0.1) is 5.41 Å². The molecule has 1 rings (SSSR count). The summed E-state index contributed by atoms with van der Waals surface area (Å²) in [5.41, 5.74) is -0.00313. The predicted octanol–water partition coefficient (Wildman–Crippen LogP) is 0.311. The van der Waals surface area contributed by atoms with Gasteiger partial charge in [-0.2, -0.15) is 0 Å².